The van der Waals surface area contributed by atoms with Gasteiger partial charge in [0.15, 0.2) is 0 Å². The summed E-state index contributed by atoms with van der Waals surface area (Å²) in [5, 5.41) is 36.5. The number of carbonyl (C=O) groups is 3. The molecule has 1 aromatic carbocycles. The van der Waals surface area contributed by atoms with Crippen molar-refractivity contribution in [2.45, 2.75) is 285 Å². The van der Waals surface area contributed by atoms with E-state index in [0.29, 0.717) is 0 Å². The average molecular weight is 1410 g/mol. The zero-order valence-electron chi connectivity index (χ0n) is 63.9. The van der Waals surface area contributed by atoms with E-state index >= 15 is 0 Å². The highest BCUT2D eigenvalue weighted by molar-refractivity contribution is 5.83. The molecule has 0 radical (unpaired) electrons. The fraction of sp³-hybridized carbons (Fsp3) is 0.566. The molecule has 3 unspecified atom stereocenters. The van der Waals surface area contributed by atoms with Crippen LogP contribution in [0.5, 0.6) is 0 Å². The molecule has 6 N–H and O–H groups in total. The first-order valence-electron chi connectivity index (χ1n) is 38.9. The largest absolute Gasteiger partial charge is 0.480 e. The van der Waals surface area contributed by atoms with Gasteiger partial charge >= 0.3 is 17.9 Å². The molecule has 562 valence electrons. The third kappa shape index (κ3) is 34.3. The minimum atomic E-state index is -0.744. The van der Waals surface area contributed by atoms with Crippen LogP contribution in [-0.2, 0) is 85.3 Å². The number of nitrogens with one attached hydrogen (secondary N) is 3. The van der Waals surface area contributed by atoms with Crippen LogP contribution in [0.1, 0.15) is 269 Å². The molecule has 2 aliphatic heterocycles. The minimum absolute atomic E-state index is 0.394. The van der Waals surface area contributed by atoms with Crippen LogP contribution in [0.3, 0.4) is 0 Å². The number of carboxylic acid groups (broad SMARTS) is 3. The van der Waals surface area contributed by atoms with Gasteiger partial charge in [-0.3, -0.25) is 39.3 Å². The molecule has 103 heavy (non-hydrogen) atoms. The molecule has 8 heterocycles. The number of aromatic nitrogens is 9. The topological polar surface area (TPSA) is 289 Å². The maximum Gasteiger partial charge on any atom is 0.320 e. The zero-order chi connectivity index (χ0) is 74.5. The van der Waals surface area contributed by atoms with Gasteiger partial charge in [-0.05, 0) is 197 Å². The van der Waals surface area contributed by atoms with E-state index in [1.807, 2.05) is 72.0 Å². The second kappa shape index (κ2) is 54.5. The van der Waals surface area contributed by atoms with Crippen molar-refractivity contribution in [1.29, 1.82) is 0 Å². The average Bonchev–Trinajstić information content (AvgIpc) is 1.84. The highest BCUT2D eigenvalue weighted by atomic mass is 16.4. The van der Waals surface area contributed by atoms with Crippen molar-refractivity contribution >= 4 is 41.2 Å². The zero-order valence-corrected chi connectivity index (χ0v) is 63.9. The molecule has 0 bridgehead atoms. The summed E-state index contributed by atoms with van der Waals surface area (Å²) in [4.78, 5) is 78.9. The normalized spacial score (nSPS) is 13.7. The Hall–Kier alpha value is -8.20. The summed E-state index contributed by atoms with van der Waals surface area (Å²) in [5.74, 6) is -2.23. The quantitative estimate of drug-likeness (QED) is 0.0228. The Balaban J connectivity index is 0.000000267. The van der Waals surface area contributed by atoms with Gasteiger partial charge in [0.25, 0.3) is 0 Å². The summed E-state index contributed by atoms with van der Waals surface area (Å²) < 4.78 is 0. The van der Waals surface area contributed by atoms with Gasteiger partial charge in [-0.1, -0.05) is 155 Å². The van der Waals surface area contributed by atoms with Gasteiger partial charge < -0.3 is 31.3 Å². The van der Waals surface area contributed by atoms with E-state index < -0.39 is 36.0 Å². The van der Waals surface area contributed by atoms with Crippen molar-refractivity contribution < 1.29 is 29.7 Å². The van der Waals surface area contributed by atoms with Gasteiger partial charge in [-0.15, -0.1) is 0 Å². The van der Waals surface area contributed by atoms with Crippen molar-refractivity contribution in [3.8, 4) is 0 Å². The van der Waals surface area contributed by atoms with E-state index in [9.17, 15) is 14.4 Å². The second-order valence-corrected chi connectivity index (χ2v) is 25.7. The number of hydrogen-bond acceptors (Lipinski definition) is 17. The number of pyridine rings is 3. The van der Waals surface area contributed by atoms with Gasteiger partial charge in [0.1, 0.15) is 37.1 Å². The Morgan fingerprint density at radius 3 is 1.18 bits per heavy atom. The van der Waals surface area contributed by atoms with Crippen LogP contribution in [-0.4, -0.2) is 130 Å². The number of rotatable bonds is 30. The van der Waals surface area contributed by atoms with E-state index in [2.05, 4.69) is 92.2 Å². The number of carboxylic acids is 3. The first kappa shape index (κ1) is 87.2. The number of nitrogens with zero attached hydrogens (tertiary/aromatic N) is 11. The predicted octanol–water partition coefficient (Wildman–Crippen LogP) is 16.1. The van der Waals surface area contributed by atoms with E-state index in [0.717, 1.165) is 143 Å². The lowest BCUT2D eigenvalue weighted by molar-refractivity contribution is -0.140. The highest BCUT2D eigenvalue weighted by Crippen LogP contribution is 2.24. The third-order valence-electron chi connectivity index (χ3n) is 18.4. The first-order valence-corrected chi connectivity index (χ1v) is 38.9. The number of aliphatic imine (C=N–C) groups is 2. The summed E-state index contributed by atoms with van der Waals surface area (Å²) in [6.45, 7) is 13.5. The molecule has 6 aromatic heterocycles. The number of aryl methyl sites for hydroxylation is 9. The molecule has 12 rings (SSSR count). The lowest BCUT2D eigenvalue weighted by Gasteiger charge is -2.15. The number of hydrogen-bond donors (Lipinski definition) is 6. The monoisotopic (exact) mass is 1410 g/mol. The van der Waals surface area contributed by atoms with Crippen molar-refractivity contribution in [2.75, 3.05) is 21.1 Å². The van der Waals surface area contributed by atoms with E-state index in [-0.39, 0.29) is 0 Å². The number of para-hydroxylation sites is 1. The number of likely N-dealkylation sites (N-methyl/N-ethyl adjacent to an activating group) is 3. The van der Waals surface area contributed by atoms with Gasteiger partial charge in [0.2, 0.25) is 0 Å². The molecule has 5 aliphatic rings. The first-order chi connectivity index (χ1) is 50.5. The Morgan fingerprint density at radius 2 is 0.767 bits per heavy atom. The molecule has 20 heteroatoms. The number of aliphatic carboxylic acids is 3. The standard InChI is InChI=1S/3C19H30N2O2.C8H6N2.2C6H5N3.3C2H6/c3*1-20-18(19(22)23)12-6-4-2-3-5-10-16-14-13-15-9-7-8-11-17(15)21-16;1-2-4-8-7(3-1)5-9-6-10-8;2*1-5-2-8-4-9-6(5)3-7-1;3*1-2/h3*13-14,18,20H,2-12H2,1H3,(H,22,23);1-6H;2-4H,1H2;1-2,4H,3H2;3*1-2H3. The van der Waals surface area contributed by atoms with Crippen molar-refractivity contribution in [3.05, 3.63) is 172 Å². The molecule has 20 nitrogen and oxygen atoms in total. The van der Waals surface area contributed by atoms with Crippen LogP contribution in [0, 0.1) is 0 Å². The molecule has 3 atom stereocenters. The minimum Gasteiger partial charge on any atom is -0.480 e. The molecule has 3 aliphatic carbocycles. The Bertz CT molecular complexity index is 3190. The summed E-state index contributed by atoms with van der Waals surface area (Å²) in [7, 11) is 5.14. The van der Waals surface area contributed by atoms with Gasteiger partial charge in [-0.2, -0.15) is 0 Å². The SMILES string of the molecule is C1=NCc2cncnc21.C1=NCc2ncncc21.CC.CC.CC.CNC(CCCCCCCc1ccc2c(n1)CCCC2)C(=O)O.CNC(CCCCCCCc1ccc2c(n1)CCCC2)C(=O)O.CNC(CCCCCCCc1ccc2c(n1)CCCC2)C(=O)O.c1ccc2ncncc2c1. The fourth-order valence-electron chi connectivity index (χ4n) is 12.6. The summed E-state index contributed by atoms with van der Waals surface area (Å²) in [6, 6.07) is 20.2. The Morgan fingerprint density at radius 1 is 0.388 bits per heavy atom. The van der Waals surface area contributed by atoms with Gasteiger partial charge in [0.05, 0.1) is 30.0 Å². The molecule has 7 aromatic rings. The van der Waals surface area contributed by atoms with Crippen LogP contribution in [0.2, 0.25) is 0 Å². The van der Waals surface area contributed by atoms with Gasteiger partial charge in [-0.25, -0.2) is 29.9 Å². The van der Waals surface area contributed by atoms with Crippen LogP contribution in [0.4, 0.5) is 0 Å². The maximum atomic E-state index is 10.9. The molecule has 0 saturated carbocycles. The van der Waals surface area contributed by atoms with Crippen LogP contribution >= 0.6 is 0 Å². The molecule has 0 spiro atoms. The molecule has 0 saturated heterocycles. The van der Waals surface area contributed by atoms with Crippen molar-refractivity contribution in [1.82, 2.24) is 60.8 Å². The van der Waals surface area contributed by atoms with Gasteiger partial charge in [0, 0.05) is 81.7 Å². The van der Waals surface area contributed by atoms with E-state index in [4.69, 9.17) is 30.3 Å². The Labute approximate surface area is 616 Å². The number of unbranched alkanes of at least 4 members (excludes halogenated alkanes) is 12. The third-order valence-corrected chi connectivity index (χ3v) is 18.4. The van der Waals surface area contributed by atoms with E-state index in [1.54, 1.807) is 58.6 Å². The summed E-state index contributed by atoms with van der Waals surface area (Å²) in [6.07, 6.45) is 50.8. The predicted molar refractivity (Wildman–Crippen MR) is 419 cm³/mol. The van der Waals surface area contributed by atoms with E-state index in [1.165, 1.54) is 173 Å². The van der Waals surface area contributed by atoms with Crippen molar-refractivity contribution in [3.63, 3.8) is 0 Å². The summed E-state index contributed by atoms with van der Waals surface area (Å²) in [5.41, 5.74) is 17.3. The lowest BCUT2D eigenvalue weighted by atomic mass is 9.95. The van der Waals surface area contributed by atoms with Crippen LogP contribution < -0.4 is 16.0 Å². The molecule has 0 fully saturated rings. The Kier molecular flexibility index (Phi) is 46.1. The number of benzene rings is 1. The molecule has 0 amide bonds. The maximum absolute atomic E-state index is 10.9. The van der Waals surface area contributed by atoms with Crippen LogP contribution in [0.25, 0.3) is 10.9 Å². The number of fused-ring (bicyclic) bond motifs is 6. The smallest absolute Gasteiger partial charge is 0.320 e. The summed E-state index contributed by atoms with van der Waals surface area (Å²) >= 11 is 0. The molecular formula is C83H124N14O6. The molecular weight excluding hydrogens is 1290 g/mol. The van der Waals surface area contributed by atoms with Crippen molar-refractivity contribution in [2.24, 2.45) is 9.98 Å². The van der Waals surface area contributed by atoms with Crippen LogP contribution in [0.15, 0.2) is 108 Å². The lowest BCUT2D eigenvalue weighted by Crippen LogP contribution is -2.33. The fourth-order valence-corrected chi connectivity index (χ4v) is 12.6. The second-order valence-electron chi connectivity index (χ2n) is 25.7. The highest BCUT2D eigenvalue weighted by Gasteiger charge is 2.18.